The molecule has 0 aromatic carbocycles. The van der Waals surface area contributed by atoms with Crippen LogP contribution in [0.3, 0.4) is 0 Å². The van der Waals surface area contributed by atoms with Gasteiger partial charge in [0.25, 0.3) is 6.43 Å². The van der Waals surface area contributed by atoms with Crippen molar-refractivity contribution in [2.24, 2.45) is 0 Å². The zero-order valence-electron chi connectivity index (χ0n) is 6.26. The molecule has 0 saturated carbocycles. The minimum Gasteiger partial charge on any atom is -0.396 e. The SMILES string of the molecule is N#Cc1ncc(C(F)F)c(N)c1F. The second-order valence-electron chi connectivity index (χ2n) is 2.20. The number of nitrogens with zero attached hydrogens (tertiary/aromatic N) is 2. The van der Waals surface area contributed by atoms with E-state index in [1.165, 1.54) is 6.07 Å². The van der Waals surface area contributed by atoms with Gasteiger partial charge in [0, 0.05) is 6.20 Å². The van der Waals surface area contributed by atoms with Gasteiger partial charge in [-0.2, -0.15) is 5.26 Å². The van der Waals surface area contributed by atoms with Gasteiger partial charge in [-0.25, -0.2) is 18.2 Å². The van der Waals surface area contributed by atoms with Crippen molar-refractivity contribution < 1.29 is 13.2 Å². The Labute approximate surface area is 71.6 Å². The van der Waals surface area contributed by atoms with Crippen molar-refractivity contribution in [2.75, 3.05) is 5.73 Å². The molecule has 1 aromatic rings. The summed E-state index contributed by atoms with van der Waals surface area (Å²) in [4.78, 5) is 3.18. The topological polar surface area (TPSA) is 62.7 Å². The van der Waals surface area contributed by atoms with E-state index >= 15 is 0 Å². The van der Waals surface area contributed by atoms with E-state index in [-0.39, 0.29) is 0 Å². The molecular formula is C7H4F3N3. The normalized spacial score (nSPS) is 10.1. The fraction of sp³-hybridized carbons (Fsp3) is 0.143. The summed E-state index contributed by atoms with van der Waals surface area (Å²) in [6.45, 7) is 0. The lowest BCUT2D eigenvalue weighted by atomic mass is 10.2. The monoisotopic (exact) mass is 187 g/mol. The molecule has 0 fully saturated rings. The van der Waals surface area contributed by atoms with Gasteiger partial charge in [-0.15, -0.1) is 0 Å². The van der Waals surface area contributed by atoms with Crippen LogP contribution >= 0.6 is 0 Å². The second kappa shape index (κ2) is 3.31. The van der Waals surface area contributed by atoms with Crippen molar-refractivity contribution >= 4 is 5.69 Å². The van der Waals surface area contributed by atoms with Gasteiger partial charge in [0.1, 0.15) is 6.07 Å². The summed E-state index contributed by atoms with van der Waals surface area (Å²) in [5.74, 6) is -1.19. The predicted octanol–water partition coefficient (Wildman–Crippen LogP) is 1.61. The lowest BCUT2D eigenvalue weighted by Gasteiger charge is -2.04. The zero-order chi connectivity index (χ0) is 10.0. The van der Waals surface area contributed by atoms with Crippen molar-refractivity contribution in [3.8, 4) is 6.07 Å². The molecule has 0 aliphatic rings. The maximum Gasteiger partial charge on any atom is 0.267 e. The number of alkyl halides is 2. The summed E-state index contributed by atoms with van der Waals surface area (Å²) in [7, 11) is 0. The average molecular weight is 187 g/mol. The number of aromatic nitrogens is 1. The molecule has 6 heteroatoms. The standard InChI is InChI=1S/C7H4F3N3/c8-5-4(1-11)13-2-3(6(5)12)7(9)10/h2,7H,(H2,12,13). The molecule has 0 radical (unpaired) electrons. The lowest BCUT2D eigenvalue weighted by Crippen LogP contribution is -2.02. The molecule has 0 bridgehead atoms. The molecule has 1 aromatic heterocycles. The Morgan fingerprint density at radius 3 is 2.62 bits per heavy atom. The molecule has 0 unspecified atom stereocenters. The number of halogens is 3. The van der Waals surface area contributed by atoms with Gasteiger partial charge in [-0.3, -0.25) is 0 Å². The maximum absolute atomic E-state index is 12.9. The van der Waals surface area contributed by atoms with Gasteiger partial charge in [-0.1, -0.05) is 0 Å². The van der Waals surface area contributed by atoms with Gasteiger partial charge in [0.05, 0.1) is 11.3 Å². The largest absolute Gasteiger partial charge is 0.396 e. The summed E-state index contributed by atoms with van der Waals surface area (Å²) in [5, 5.41) is 8.28. The molecule has 0 aliphatic carbocycles. The van der Waals surface area contributed by atoms with Crippen molar-refractivity contribution in [3.63, 3.8) is 0 Å². The molecule has 0 spiro atoms. The molecule has 0 aliphatic heterocycles. The first-order valence-electron chi connectivity index (χ1n) is 3.20. The third-order valence-corrected chi connectivity index (χ3v) is 1.43. The minimum absolute atomic E-state index is 0.582. The van der Waals surface area contributed by atoms with Crippen molar-refractivity contribution in [3.05, 3.63) is 23.3 Å². The van der Waals surface area contributed by atoms with Crippen LogP contribution in [0.5, 0.6) is 0 Å². The highest BCUT2D eigenvalue weighted by Crippen LogP contribution is 2.26. The van der Waals surface area contributed by atoms with Crippen molar-refractivity contribution in [1.82, 2.24) is 4.98 Å². The van der Waals surface area contributed by atoms with Crippen LogP contribution < -0.4 is 5.73 Å². The Bertz CT molecular complexity index is 370. The first kappa shape index (κ1) is 9.32. The molecule has 0 amide bonds. The minimum atomic E-state index is -2.89. The predicted molar refractivity (Wildman–Crippen MR) is 38.3 cm³/mol. The number of rotatable bonds is 1. The number of nitrogens with two attached hydrogens (primary N) is 1. The van der Waals surface area contributed by atoms with Crippen molar-refractivity contribution in [2.45, 2.75) is 6.43 Å². The van der Waals surface area contributed by atoms with E-state index in [1.807, 2.05) is 0 Å². The van der Waals surface area contributed by atoms with Gasteiger partial charge in [-0.05, 0) is 0 Å². The third kappa shape index (κ3) is 1.54. The Balaban J connectivity index is 3.33. The van der Waals surface area contributed by atoms with Crippen LogP contribution in [0.25, 0.3) is 0 Å². The molecule has 1 heterocycles. The van der Waals surface area contributed by atoms with Crippen LogP contribution in [0.4, 0.5) is 18.9 Å². The van der Waals surface area contributed by atoms with Crippen LogP contribution in [0.15, 0.2) is 6.20 Å². The number of anilines is 1. The van der Waals surface area contributed by atoms with E-state index in [0.717, 1.165) is 0 Å². The number of pyridine rings is 1. The molecule has 2 N–H and O–H groups in total. The molecule has 0 atom stereocenters. The second-order valence-corrected chi connectivity index (χ2v) is 2.20. The fourth-order valence-corrected chi connectivity index (χ4v) is 0.766. The van der Waals surface area contributed by atoms with E-state index in [0.29, 0.717) is 6.20 Å². The Morgan fingerprint density at radius 2 is 2.15 bits per heavy atom. The van der Waals surface area contributed by atoms with Crippen LogP contribution in [0.1, 0.15) is 17.7 Å². The Hall–Kier alpha value is -1.77. The van der Waals surface area contributed by atoms with Gasteiger partial charge in [0.2, 0.25) is 0 Å². The first-order chi connectivity index (χ1) is 6.07. The molecular weight excluding hydrogens is 183 g/mol. The highest BCUT2D eigenvalue weighted by molar-refractivity contribution is 5.51. The highest BCUT2D eigenvalue weighted by Gasteiger charge is 2.17. The first-order valence-corrected chi connectivity index (χ1v) is 3.20. The summed E-state index contributed by atoms with van der Waals surface area (Å²) in [6.07, 6.45) is -2.20. The van der Waals surface area contributed by atoms with Crippen LogP contribution in [0, 0.1) is 17.1 Å². The summed E-state index contributed by atoms with van der Waals surface area (Å²) < 4.78 is 37.0. The zero-order valence-corrected chi connectivity index (χ0v) is 6.26. The van der Waals surface area contributed by atoms with E-state index < -0.39 is 29.2 Å². The number of nitrogen functional groups attached to an aromatic ring is 1. The fourth-order valence-electron chi connectivity index (χ4n) is 0.766. The number of hydrogen-bond acceptors (Lipinski definition) is 3. The van der Waals surface area contributed by atoms with Gasteiger partial charge >= 0.3 is 0 Å². The van der Waals surface area contributed by atoms with E-state index in [4.69, 9.17) is 11.0 Å². The van der Waals surface area contributed by atoms with E-state index in [2.05, 4.69) is 4.98 Å². The number of nitriles is 1. The lowest BCUT2D eigenvalue weighted by molar-refractivity contribution is 0.151. The third-order valence-electron chi connectivity index (χ3n) is 1.43. The highest BCUT2D eigenvalue weighted by atomic mass is 19.3. The van der Waals surface area contributed by atoms with Crippen LogP contribution in [0.2, 0.25) is 0 Å². The average Bonchev–Trinajstić information content (AvgIpc) is 2.09. The van der Waals surface area contributed by atoms with Crippen LogP contribution in [-0.4, -0.2) is 4.98 Å². The Kier molecular flexibility index (Phi) is 2.37. The van der Waals surface area contributed by atoms with Gasteiger partial charge in [0.15, 0.2) is 11.5 Å². The maximum atomic E-state index is 12.9. The van der Waals surface area contributed by atoms with E-state index in [1.54, 1.807) is 0 Å². The quantitative estimate of drug-likeness (QED) is 0.726. The molecule has 1 rings (SSSR count). The number of hydrogen-bond donors (Lipinski definition) is 1. The summed E-state index contributed by atoms with van der Waals surface area (Å²) in [5.41, 5.74) is 3.01. The molecule has 0 saturated heterocycles. The molecule has 13 heavy (non-hydrogen) atoms. The van der Waals surface area contributed by atoms with Crippen molar-refractivity contribution in [1.29, 1.82) is 5.26 Å². The van der Waals surface area contributed by atoms with Crippen LogP contribution in [-0.2, 0) is 0 Å². The van der Waals surface area contributed by atoms with Gasteiger partial charge < -0.3 is 5.73 Å². The Morgan fingerprint density at radius 1 is 1.54 bits per heavy atom. The summed E-state index contributed by atoms with van der Waals surface area (Å²) in [6, 6.07) is 1.39. The smallest absolute Gasteiger partial charge is 0.267 e. The summed E-state index contributed by atoms with van der Waals surface area (Å²) >= 11 is 0. The molecule has 3 nitrogen and oxygen atoms in total. The molecule has 68 valence electrons. The van der Waals surface area contributed by atoms with E-state index in [9.17, 15) is 13.2 Å².